The maximum Gasteiger partial charge on any atom is 0.313 e. The quantitative estimate of drug-likeness (QED) is 0.618. The summed E-state index contributed by atoms with van der Waals surface area (Å²) in [6, 6.07) is 6.88. The van der Waals surface area contributed by atoms with Crippen LogP contribution in [0.15, 0.2) is 23.7 Å². The smallest absolute Gasteiger partial charge is 0.313 e. The van der Waals surface area contributed by atoms with Crippen LogP contribution in [0.3, 0.4) is 0 Å². The molecule has 0 radical (unpaired) electrons. The monoisotopic (exact) mass is 260 g/mol. The average Bonchev–Trinajstić information content (AvgIpc) is 2.83. The number of hydrogen-bond acceptors (Lipinski definition) is 5. The van der Waals surface area contributed by atoms with Crippen LogP contribution in [0.4, 0.5) is 5.69 Å². The van der Waals surface area contributed by atoms with Crippen LogP contribution >= 0.6 is 11.3 Å². The van der Waals surface area contributed by atoms with E-state index in [0.717, 1.165) is 10.2 Å². The molecular weight excluding hydrogens is 252 g/mol. The standard InChI is InChI=1S/C11H8N4O2S/c12-3-4-13-10(16)11(17)15-7-1-2-8-9(5-7)18-6-14-8/h1-2,5-6H,4H2,(H,13,16)(H,15,17). The number of nitrogens with one attached hydrogen (secondary N) is 2. The van der Waals surface area contributed by atoms with E-state index in [9.17, 15) is 9.59 Å². The van der Waals surface area contributed by atoms with Gasteiger partial charge in [0.1, 0.15) is 6.54 Å². The number of rotatable bonds is 2. The molecule has 90 valence electrons. The molecule has 0 saturated heterocycles. The highest BCUT2D eigenvalue weighted by atomic mass is 32.1. The van der Waals surface area contributed by atoms with Gasteiger partial charge in [0.15, 0.2) is 0 Å². The second-order valence-corrected chi connectivity index (χ2v) is 4.22. The highest BCUT2D eigenvalue weighted by Gasteiger charge is 2.13. The lowest BCUT2D eigenvalue weighted by atomic mass is 10.3. The van der Waals surface area contributed by atoms with Crippen molar-refractivity contribution in [3.05, 3.63) is 23.7 Å². The lowest BCUT2D eigenvalue weighted by molar-refractivity contribution is -0.136. The summed E-state index contributed by atoms with van der Waals surface area (Å²) >= 11 is 1.44. The van der Waals surface area contributed by atoms with Crippen molar-refractivity contribution in [3.8, 4) is 6.07 Å². The maximum absolute atomic E-state index is 11.4. The van der Waals surface area contributed by atoms with Gasteiger partial charge in [-0.2, -0.15) is 5.26 Å². The van der Waals surface area contributed by atoms with Gasteiger partial charge in [0, 0.05) is 5.69 Å². The van der Waals surface area contributed by atoms with E-state index in [-0.39, 0.29) is 6.54 Å². The van der Waals surface area contributed by atoms with Crippen molar-refractivity contribution < 1.29 is 9.59 Å². The van der Waals surface area contributed by atoms with Crippen LogP contribution < -0.4 is 10.6 Å². The van der Waals surface area contributed by atoms with Crippen LogP contribution in [0, 0.1) is 11.3 Å². The molecule has 0 bridgehead atoms. The molecule has 2 amide bonds. The van der Waals surface area contributed by atoms with Gasteiger partial charge in [-0.05, 0) is 18.2 Å². The Kier molecular flexibility index (Phi) is 3.50. The van der Waals surface area contributed by atoms with E-state index in [1.807, 2.05) is 0 Å². The number of nitrogens with zero attached hydrogens (tertiary/aromatic N) is 2. The minimum atomic E-state index is -0.832. The number of benzene rings is 1. The Hall–Kier alpha value is -2.46. The third kappa shape index (κ3) is 2.61. The fourth-order valence-electron chi connectivity index (χ4n) is 1.32. The Morgan fingerprint density at radius 2 is 2.22 bits per heavy atom. The summed E-state index contributed by atoms with van der Waals surface area (Å²) < 4.78 is 0.922. The summed E-state index contributed by atoms with van der Waals surface area (Å²) in [6.07, 6.45) is 0. The second-order valence-electron chi connectivity index (χ2n) is 3.33. The Morgan fingerprint density at radius 1 is 1.39 bits per heavy atom. The summed E-state index contributed by atoms with van der Waals surface area (Å²) in [4.78, 5) is 26.8. The van der Waals surface area contributed by atoms with Crippen molar-refractivity contribution in [3.63, 3.8) is 0 Å². The molecular formula is C11H8N4O2S. The zero-order valence-corrected chi connectivity index (χ0v) is 9.95. The van der Waals surface area contributed by atoms with Crippen LogP contribution in [0.25, 0.3) is 10.2 Å². The molecule has 0 aliphatic heterocycles. The molecule has 6 nitrogen and oxygen atoms in total. The van der Waals surface area contributed by atoms with Crippen molar-refractivity contribution in [2.45, 2.75) is 0 Å². The van der Waals surface area contributed by atoms with E-state index >= 15 is 0 Å². The SMILES string of the molecule is N#CCNC(=O)C(=O)Nc1ccc2ncsc2c1. The van der Waals surface area contributed by atoms with Gasteiger partial charge in [0.2, 0.25) is 0 Å². The zero-order valence-electron chi connectivity index (χ0n) is 9.14. The second kappa shape index (κ2) is 5.25. The first-order chi connectivity index (χ1) is 8.70. The minimum absolute atomic E-state index is 0.194. The van der Waals surface area contributed by atoms with Crippen molar-refractivity contribution in [2.75, 3.05) is 11.9 Å². The highest BCUT2D eigenvalue weighted by molar-refractivity contribution is 7.16. The Balaban J connectivity index is 2.06. The van der Waals surface area contributed by atoms with Crippen LogP contribution in [0.5, 0.6) is 0 Å². The van der Waals surface area contributed by atoms with Gasteiger partial charge in [0.25, 0.3) is 0 Å². The predicted molar refractivity (Wildman–Crippen MR) is 66.9 cm³/mol. The van der Waals surface area contributed by atoms with Gasteiger partial charge >= 0.3 is 11.8 Å². The normalized spacial score (nSPS) is 9.72. The molecule has 1 heterocycles. The molecule has 0 saturated carbocycles. The van der Waals surface area contributed by atoms with Crippen molar-refractivity contribution in [1.82, 2.24) is 10.3 Å². The summed E-state index contributed by atoms with van der Waals surface area (Å²) in [5.41, 5.74) is 3.06. The molecule has 2 aromatic rings. The molecule has 2 N–H and O–H groups in total. The van der Waals surface area contributed by atoms with E-state index in [0.29, 0.717) is 5.69 Å². The fraction of sp³-hybridized carbons (Fsp3) is 0.0909. The molecule has 7 heteroatoms. The van der Waals surface area contributed by atoms with E-state index in [1.54, 1.807) is 29.8 Å². The van der Waals surface area contributed by atoms with Gasteiger partial charge in [-0.15, -0.1) is 11.3 Å². The molecule has 0 aliphatic carbocycles. The number of fused-ring (bicyclic) bond motifs is 1. The maximum atomic E-state index is 11.4. The number of carbonyl (C=O) groups excluding carboxylic acids is 2. The zero-order chi connectivity index (χ0) is 13.0. The summed E-state index contributed by atoms with van der Waals surface area (Å²) in [6.45, 7) is -0.194. The number of aromatic nitrogens is 1. The van der Waals surface area contributed by atoms with Gasteiger partial charge in [-0.3, -0.25) is 9.59 Å². The number of thiazole rings is 1. The van der Waals surface area contributed by atoms with Crippen LogP contribution in [-0.4, -0.2) is 23.3 Å². The van der Waals surface area contributed by atoms with Crippen molar-refractivity contribution in [2.24, 2.45) is 0 Å². The first-order valence-corrected chi connectivity index (χ1v) is 5.88. The van der Waals surface area contributed by atoms with Gasteiger partial charge in [-0.25, -0.2) is 4.98 Å². The molecule has 1 aromatic heterocycles. The number of carbonyl (C=O) groups is 2. The first-order valence-electron chi connectivity index (χ1n) is 5.00. The van der Waals surface area contributed by atoms with Crippen molar-refractivity contribution >= 4 is 39.1 Å². The Bertz CT molecular complexity index is 644. The van der Waals surface area contributed by atoms with E-state index in [2.05, 4.69) is 15.6 Å². The van der Waals surface area contributed by atoms with Gasteiger partial charge in [0.05, 0.1) is 21.8 Å². The summed E-state index contributed by atoms with van der Waals surface area (Å²) in [5.74, 6) is -1.63. The lowest BCUT2D eigenvalue weighted by Gasteiger charge is -2.04. The van der Waals surface area contributed by atoms with E-state index < -0.39 is 11.8 Å². The molecule has 18 heavy (non-hydrogen) atoms. The lowest BCUT2D eigenvalue weighted by Crippen LogP contribution is -2.35. The molecule has 2 rings (SSSR count). The predicted octanol–water partition coefficient (Wildman–Crippen LogP) is 0.875. The van der Waals surface area contributed by atoms with Gasteiger partial charge in [-0.1, -0.05) is 0 Å². The number of anilines is 1. The summed E-state index contributed by atoms with van der Waals surface area (Å²) in [5, 5.41) is 12.9. The van der Waals surface area contributed by atoms with Crippen LogP contribution in [-0.2, 0) is 9.59 Å². The highest BCUT2D eigenvalue weighted by Crippen LogP contribution is 2.21. The number of amides is 2. The molecule has 0 atom stereocenters. The minimum Gasteiger partial charge on any atom is -0.335 e. The molecule has 0 fully saturated rings. The number of nitriles is 1. The van der Waals surface area contributed by atoms with Crippen molar-refractivity contribution in [1.29, 1.82) is 5.26 Å². The first kappa shape index (κ1) is 12.0. The third-order valence-corrected chi connectivity index (χ3v) is 2.92. The Labute approximate surface area is 106 Å². The molecule has 1 aromatic carbocycles. The molecule has 0 unspecified atom stereocenters. The third-order valence-electron chi connectivity index (χ3n) is 2.12. The average molecular weight is 260 g/mol. The van der Waals surface area contributed by atoms with E-state index in [1.165, 1.54) is 11.3 Å². The molecule has 0 spiro atoms. The topological polar surface area (TPSA) is 94.9 Å². The largest absolute Gasteiger partial charge is 0.335 e. The summed E-state index contributed by atoms with van der Waals surface area (Å²) in [7, 11) is 0. The number of hydrogen-bond donors (Lipinski definition) is 2. The fourth-order valence-corrected chi connectivity index (χ4v) is 2.04. The van der Waals surface area contributed by atoms with Crippen LogP contribution in [0.1, 0.15) is 0 Å². The van der Waals surface area contributed by atoms with Gasteiger partial charge < -0.3 is 10.6 Å². The van der Waals surface area contributed by atoms with Crippen LogP contribution in [0.2, 0.25) is 0 Å². The Morgan fingerprint density at radius 3 is 3.00 bits per heavy atom. The van der Waals surface area contributed by atoms with E-state index in [4.69, 9.17) is 5.26 Å². The molecule has 0 aliphatic rings.